The highest BCUT2D eigenvalue weighted by Gasteiger charge is 2.19. The van der Waals surface area contributed by atoms with Gasteiger partial charge < -0.3 is 11.1 Å². The van der Waals surface area contributed by atoms with Crippen molar-refractivity contribution in [1.82, 2.24) is 0 Å². The molecule has 104 valence electrons. The Labute approximate surface area is 117 Å². The summed E-state index contributed by atoms with van der Waals surface area (Å²) in [5.41, 5.74) is 6.88. The Morgan fingerprint density at radius 1 is 1.25 bits per heavy atom. The van der Waals surface area contributed by atoms with Crippen LogP contribution >= 0.6 is 0 Å². The van der Waals surface area contributed by atoms with Crippen molar-refractivity contribution in [1.29, 1.82) is 0 Å². The van der Waals surface area contributed by atoms with Crippen molar-refractivity contribution in [3.63, 3.8) is 0 Å². The van der Waals surface area contributed by atoms with E-state index >= 15 is 0 Å². The minimum atomic E-state index is -0.527. The third kappa shape index (κ3) is 3.15. The van der Waals surface area contributed by atoms with E-state index in [1.54, 1.807) is 6.07 Å². The second kappa shape index (κ2) is 6.19. The fourth-order valence-electron chi connectivity index (χ4n) is 2.11. The van der Waals surface area contributed by atoms with E-state index in [2.05, 4.69) is 5.32 Å². The summed E-state index contributed by atoms with van der Waals surface area (Å²) in [6.45, 7) is 1.93. The zero-order valence-electron chi connectivity index (χ0n) is 11.3. The molecule has 0 saturated heterocycles. The minimum Gasteiger partial charge on any atom is -0.399 e. The summed E-state index contributed by atoms with van der Waals surface area (Å²) in [5, 5.41) is 2.62. The van der Waals surface area contributed by atoms with Gasteiger partial charge >= 0.3 is 0 Å². The summed E-state index contributed by atoms with van der Waals surface area (Å²) in [6.07, 6.45) is 0.645. The molecule has 3 N–H and O–H groups in total. The van der Waals surface area contributed by atoms with Crippen LogP contribution in [-0.4, -0.2) is 5.91 Å². The maximum Gasteiger partial charge on any atom is 0.231 e. The molecule has 0 saturated carbocycles. The first-order valence-corrected chi connectivity index (χ1v) is 6.52. The van der Waals surface area contributed by atoms with E-state index in [4.69, 9.17) is 5.73 Å². The third-order valence-corrected chi connectivity index (χ3v) is 3.18. The van der Waals surface area contributed by atoms with Crippen molar-refractivity contribution < 1.29 is 9.18 Å². The van der Waals surface area contributed by atoms with Crippen LogP contribution in [0.25, 0.3) is 0 Å². The van der Waals surface area contributed by atoms with Gasteiger partial charge in [-0.3, -0.25) is 4.79 Å². The molecule has 0 fully saturated rings. The molecule has 1 unspecified atom stereocenters. The number of hydrogen-bond donors (Lipinski definition) is 2. The van der Waals surface area contributed by atoms with Gasteiger partial charge in [0.25, 0.3) is 0 Å². The summed E-state index contributed by atoms with van der Waals surface area (Å²) < 4.78 is 13.7. The van der Waals surface area contributed by atoms with Crippen LogP contribution in [0.1, 0.15) is 24.8 Å². The maximum absolute atomic E-state index is 13.7. The van der Waals surface area contributed by atoms with Crippen LogP contribution in [0.2, 0.25) is 0 Å². The number of carbonyl (C=O) groups excluding carboxylic acids is 1. The van der Waals surface area contributed by atoms with E-state index in [9.17, 15) is 9.18 Å². The van der Waals surface area contributed by atoms with Crippen molar-refractivity contribution in [2.75, 3.05) is 11.1 Å². The van der Waals surface area contributed by atoms with Gasteiger partial charge in [-0.05, 0) is 30.2 Å². The van der Waals surface area contributed by atoms with Crippen LogP contribution in [0.3, 0.4) is 0 Å². The van der Waals surface area contributed by atoms with Crippen molar-refractivity contribution in [2.24, 2.45) is 0 Å². The molecule has 2 rings (SSSR count). The van der Waals surface area contributed by atoms with Crippen LogP contribution in [0.15, 0.2) is 48.5 Å². The van der Waals surface area contributed by atoms with Crippen molar-refractivity contribution >= 4 is 17.3 Å². The highest BCUT2D eigenvalue weighted by Crippen LogP contribution is 2.23. The normalized spacial score (nSPS) is 11.9. The summed E-state index contributed by atoms with van der Waals surface area (Å²) in [5.74, 6) is -1.04. The summed E-state index contributed by atoms with van der Waals surface area (Å²) in [6, 6.07) is 13.7. The maximum atomic E-state index is 13.7. The lowest BCUT2D eigenvalue weighted by molar-refractivity contribution is -0.117. The van der Waals surface area contributed by atoms with Crippen molar-refractivity contribution in [3.8, 4) is 0 Å². The number of nitrogen functional groups attached to an aromatic ring is 1. The van der Waals surface area contributed by atoms with E-state index in [1.807, 2.05) is 37.3 Å². The highest BCUT2D eigenvalue weighted by molar-refractivity contribution is 5.96. The molecule has 0 radical (unpaired) electrons. The van der Waals surface area contributed by atoms with Gasteiger partial charge in [0.1, 0.15) is 5.82 Å². The molecular formula is C16H17FN2O. The molecule has 0 aliphatic rings. The number of nitrogens with two attached hydrogens (primary N) is 1. The predicted octanol–water partition coefficient (Wildman–Crippen LogP) is 3.54. The van der Waals surface area contributed by atoms with Gasteiger partial charge in [0.15, 0.2) is 0 Å². The van der Waals surface area contributed by atoms with E-state index in [-0.39, 0.29) is 17.5 Å². The number of amides is 1. The first-order valence-electron chi connectivity index (χ1n) is 6.52. The average molecular weight is 272 g/mol. The predicted molar refractivity (Wildman–Crippen MR) is 78.9 cm³/mol. The Balaban J connectivity index is 2.18. The lowest BCUT2D eigenvalue weighted by atomic mass is 9.95. The first-order chi connectivity index (χ1) is 9.61. The average Bonchev–Trinajstić information content (AvgIpc) is 2.44. The molecule has 1 amide bonds. The van der Waals surface area contributed by atoms with Gasteiger partial charge in [-0.1, -0.05) is 37.3 Å². The lowest BCUT2D eigenvalue weighted by Crippen LogP contribution is -2.21. The summed E-state index contributed by atoms with van der Waals surface area (Å²) >= 11 is 0. The molecule has 0 aliphatic heterocycles. The van der Waals surface area contributed by atoms with E-state index in [1.165, 1.54) is 12.1 Å². The molecule has 2 aromatic rings. The molecule has 0 aromatic heterocycles. The number of halogens is 1. The highest BCUT2D eigenvalue weighted by atomic mass is 19.1. The fourth-order valence-corrected chi connectivity index (χ4v) is 2.11. The zero-order chi connectivity index (χ0) is 14.5. The third-order valence-electron chi connectivity index (χ3n) is 3.18. The second-order valence-corrected chi connectivity index (χ2v) is 4.60. The van der Waals surface area contributed by atoms with Gasteiger partial charge in [0, 0.05) is 5.69 Å². The van der Waals surface area contributed by atoms with Gasteiger partial charge in [-0.15, -0.1) is 0 Å². The largest absolute Gasteiger partial charge is 0.399 e. The molecule has 0 spiro atoms. The molecular weight excluding hydrogens is 255 g/mol. The zero-order valence-corrected chi connectivity index (χ0v) is 11.3. The monoisotopic (exact) mass is 272 g/mol. The molecule has 20 heavy (non-hydrogen) atoms. The number of anilines is 2. The Bertz CT molecular complexity index is 599. The van der Waals surface area contributed by atoms with Crippen LogP contribution in [0.5, 0.6) is 0 Å². The molecule has 0 heterocycles. The standard InChI is InChI=1S/C16H17FN2O/c1-2-13(11-6-4-3-5-7-11)16(20)19-15-9-8-12(18)10-14(15)17/h3-10,13H,2,18H2,1H3,(H,19,20). The number of carbonyl (C=O) groups is 1. The van der Waals surface area contributed by atoms with Crippen LogP contribution in [0, 0.1) is 5.82 Å². The molecule has 3 nitrogen and oxygen atoms in total. The number of nitrogens with one attached hydrogen (secondary N) is 1. The smallest absolute Gasteiger partial charge is 0.231 e. The summed E-state index contributed by atoms with van der Waals surface area (Å²) in [4.78, 5) is 12.3. The van der Waals surface area contributed by atoms with Gasteiger partial charge in [0.2, 0.25) is 5.91 Å². The number of benzene rings is 2. The van der Waals surface area contributed by atoms with E-state index < -0.39 is 5.82 Å². The lowest BCUT2D eigenvalue weighted by Gasteiger charge is -2.15. The van der Waals surface area contributed by atoms with Crippen molar-refractivity contribution in [2.45, 2.75) is 19.3 Å². The van der Waals surface area contributed by atoms with E-state index in [0.29, 0.717) is 12.1 Å². The Hall–Kier alpha value is -2.36. The number of hydrogen-bond acceptors (Lipinski definition) is 2. The fraction of sp³-hybridized carbons (Fsp3) is 0.188. The number of rotatable bonds is 4. The summed E-state index contributed by atoms with van der Waals surface area (Å²) in [7, 11) is 0. The topological polar surface area (TPSA) is 55.1 Å². The van der Waals surface area contributed by atoms with E-state index in [0.717, 1.165) is 5.56 Å². The van der Waals surface area contributed by atoms with Crippen LogP contribution < -0.4 is 11.1 Å². The Morgan fingerprint density at radius 3 is 2.55 bits per heavy atom. The minimum absolute atomic E-state index is 0.151. The Morgan fingerprint density at radius 2 is 1.95 bits per heavy atom. The molecule has 4 heteroatoms. The quantitative estimate of drug-likeness (QED) is 0.836. The molecule has 0 aliphatic carbocycles. The second-order valence-electron chi connectivity index (χ2n) is 4.60. The molecule has 1 atom stereocenters. The van der Waals surface area contributed by atoms with Crippen LogP contribution in [-0.2, 0) is 4.79 Å². The van der Waals surface area contributed by atoms with Gasteiger partial charge in [-0.25, -0.2) is 4.39 Å². The van der Waals surface area contributed by atoms with Gasteiger partial charge in [-0.2, -0.15) is 0 Å². The first kappa shape index (κ1) is 14.1. The molecule has 0 bridgehead atoms. The SMILES string of the molecule is CCC(C(=O)Nc1ccc(N)cc1F)c1ccccc1. The molecule has 2 aromatic carbocycles. The Kier molecular flexibility index (Phi) is 4.35. The van der Waals surface area contributed by atoms with Gasteiger partial charge in [0.05, 0.1) is 11.6 Å². The van der Waals surface area contributed by atoms with Crippen molar-refractivity contribution in [3.05, 3.63) is 59.9 Å². The van der Waals surface area contributed by atoms with Crippen LogP contribution in [0.4, 0.5) is 15.8 Å².